The van der Waals surface area contributed by atoms with Crippen LogP contribution in [0.1, 0.15) is 66.5 Å². The summed E-state index contributed by atoms with van der Waals surface area (Å²) in [4.78, 5) is 31.8. The molecular weight excluding hydrogens is 444 g/mol. The van der Waals surface area contributed by atoms with Crippen molar-refractivity contribution < 1.29 is 14.7 Å². The second-order valence-electron chi connectivity index (χ2n) is 10.3. The Labute approximate surface area is 204 Å². The minimum absolute atomic E-state index is 0.0872. The SMILES string of the molecule is CCCC(=O)Nc1nn(-c2ccnc(N3CCn4c(cc5c4CC(C)(C)C5)C3=O)c2CO)cc1C. The molecule has 0 spiro atoms. The maximum Gasteiger partial charge on any atom is 0.276 e. The van der Waals surface area contributed by atoms with Crippen molar-refractivity contribution in [1.29, 1.82) is 0 Å². The summed E-state index contributed by atoms with van der Waals surface area (Å²) in [5.41, 5.74) is 5.38. The van der Waals surface area contributed by atoms with Crippen LogP contribution in [0.2, 0.25) is 0 Å². The van der Waals surface area contributed by atoms with Crippen LogP contribution >= 0.6 is 0 Å². The first-order chi connectivity index (χ1) is 16.7. The van der Waals surface area contributed by atoms with E-state index in [1.165, 1.54) is 11.3 Å². The van der Waals surface area contributed by atoms with Crippen LogP contribution in [0.3, 0.4) is 0 Å². The van der Waals surface area contributed by atoms with Crippen molar-refractivity contribution in [2.75, 3.05) is 16.8 Å². The van der Waals surface area contributed by atoms with Crippen LogP contribution in [-0.4, -0.2) is 42.8 Å². The molecule has 5 rings (SSSR count). The number of anilines is 2. The fourth-order valence-electron chi connectivity index (χ4n) is 5.31. The maximum atomic E-state index is 13.6. The minimum atomic E-state index is -0.301. The number of aromatic nitrogens is 4. The van der Waals surface area contributed by atoms with E-state index >= 15 is 0 Å². The summed E-state index contributed by atoms with van der Waals surface area (Å²) in [5, 5.41) is 17.7. The van der Waals surface area contributed by atoms with E-state index in [1.54, 1.807) is 28.0 Å². The zero-order chi connectivity index (χ0) is 24.9. The zero-order valence-corrected chi connectivity index (χ0v) is 20.8. The molecule has 0 saturated heterocycles. The number of aliphatic hydroxyl groups excluding tert-OH is 1. The van der Waals surface area contributed by atoms with Crippen LogP contribution in [0.5, 0.6) is 0 Å². The molecule has 1 aliphatic carbocycles. The number of nitrogens with zero attached hydrogens (tertiary/aromatic N) is 5. The molecular formula is C26H32N6O3. The van der Waals surface area contributed by atoms with Gasteiger partial charge >= 0.3 is 0 Å². The van der Waals surface area contributed by atoms with Crippen molar-refractivity contribution in [2.24, 2.45) is 5.41 Å². The number of nitrogens with one attached hydrogen (secondary N) is 1. The normalized spacial score (nSPS) is 16.4. The highest BCUT2D eigenvalue weighted by atomic mass is 16.3. The molecule has 184 valence electrons. The van der Waals surface area contributed by atoms with Gasteiger partial charge in [-0.25, -0.2) is 9.67 Å². The number of carbonyl (C=O) groups excluding carboxylic acids is 2. The predicted octanol–water partition coefficient (Wildman–Crippen LogP) is 3.39. The second-order valence-corrected chi connectivity index (χ2v) is 10.3. The maximum absolute atomic E-state index is 13.6. The number of aryl methyl sites for hydroxylation is 1. The number of hydrogen-bond acceptors (Lipinski definition) is 5. The van der Waals surface area contributed by atoms with Crippen LogP contribution in [0, 0.1) is 12.3 Å². The zero-order valence-electron chi connectivity index (χ0n) is 20.8. The first-order valence-corrected chi connectivity index (χ1v) is 12.2. The van der Waals surface area contributed by atoms with E-state index in [9.17, 15) is 14.7 Å². The van der Waals surface area contributed by atoms with Gasteiger partial charge in [-0.15, -0.1) is 5.10 Å². The summed E-state index contributed by atoms with van der Waals surface area (Å²) < 4.78 is 3.79. The summed E-state index contributed by atoms with van der Waals surface area (Å²) in [7, 11) is 0. The second kappa shape index (κ2) is 8.64. The molecule has 0 radical (unpaired) electrons. The van der Waals surface area contributed by atoms with Crippen LogP contribution in [0.4, 0.5) is 11.6 Å². The van der Waals surface area contributed by atoms with Crippen molar-refractivity contribution in [3.63, 3.8) is 0 Å². The Morgan fingerprint density at radius 1 is 1.26 bits per heavy atom. The molecule has 2 amide bonds. The van der Waals surface area contributed by atoms with Crippen molar-refractivity contribution in [2.45, 2.75) is 66.5 Å². The number of aliphatic hydroxyl groups is 1. The molecule has 35 heavy (non-hydrogen) atoms. The van der Waals surface area contributed by atoms with E-state index in [0.29, 0.717) is 48.1 Å². The third kappa shape index (κ3) is 4.03. The van der Waals surface area contributed by atoms with Crippen molar-refractivity contribution >= 4 is 23.5 Å². The van der Waals surface area contributed by atoms with Gasteiger partial charge in [0.15, 0.2) is 5.82 Å². The van der Waals surface area contributed by atoms with Gasteiger partial charge in [0.25, 0.3) is 5.91 Å². The number of rotatable bonds is 6. The molecule has 0 bridgehead atoms. The Morgan fingerprint density at radius 2 is 2.06 bits per heavy atom. The molecule has 0 saturated carbocycles. The van der Waals surface area contributed by atoms with Gasteiger partial charge in [0.1, 0.15) is 11.5 Å². The molecule has 0 unspecified atom stereocenters. The van der Waals surface area contributed by atoms with Gasteiger partial charge in [-0.2, -0.15) is 0 Å². The molecule has 2 N–H and O–H groups in total. The van der Waals surface area contributed by atoms with Gasteiger partial charge in [-0.3, -0.25) is 14.5 Å². The minimum Gasteiger partial charge on any atom is -0.391 e. The monoisotopic (exact) mass is 476 g/mol. The van der Waals surface area contributed by atoms with Gasteiger partial charge in [0, 0.05) is 48.7 Å². The van der Waals surface area contributed by atoms with E-state index in [0.717, 1.165) is 24.8 Å². The van der Waals surface area contributed by atoms with Crippen molar-refractivity contribution in [1.82, 2.24) is 19.3 Å². The molecule has 3 aromatic rings. The lowest BCUT2D eigenvalue weighted by molar-refractivity contribution is -0.116. The first kappa shape index (κ1) is 23.3. The lowest BCUT2D eigenvalue weighted by Crippen LogP contribution is -2.41. The molecule has 3 aromatic heterocycles. The largest absolute Gasteiger partial charge is 0.391 e. The van der Waals surface area contributed by atoms with Crippen LogP contribution < -0.4 is 10.2 Å². The van der Waals surface area contributed by atoms with Crippen molar-refractivity contribution in [3.05, 3.63) is 52.6 Å². The first-order valence-electron chi connectivity index (χ1n) is 12.2. The van der Waals surface area contributed by atoms with Crippen molar-refractivity contribution in [3.8, 4) is 5.69 Å². The molecule has 9 nitrogen and oxygen atoms in total. The number of carbonyl (C=O) groups is 2. The molecule has 4 heterocycles. The molecule has 0 aromatic carbocycles. The van der Waals surface area contributed by atoms with Gasteiger partial charge in [-0.1, -0.05) is 20.8 Å². The molecule has 1 aliphatic heterocycles. The Morgan fingerprint density at radius 3 is 2.80 bits per heavy atom. The summed E-state index contributed by atoms with van der Waals surface area (Å²) in [6.45, 7) is 9.21. The van der Waals surface area contributed by atoms with Crippen LogP contribution in [-0.2, 0) is 30.8 Å². The average Bonchev–Trinajstić information content (AvgIpc) is 3.43. The van der Waals surface area contributed by atoms with E-state index < -0.39 is 0 Å². The quantitative estimate of drug-likeness (QED) is 0.567. The summed E-state index contributed by atoms with van der Waals surface area (Å²) in [6.07, 6.45) is 6.55. The predicted molar refractivity (Wildman–Crippen MR) is 133 cm³/mol. The smallest absolute Gasteiger partial charge is 0.276 e. The average molecular weight is 477 g/mol. The van der Waals surface area contributed by atoms with E-state index in [-0.39, 0.29) is 23.8 Å². The summed E-state index contributed by atoms with van der Waals surface area (Å²) >= 11 is 0. The van der Waals surface area contributed by atoms with Gasteiger partial charge < -0.3 is 15.0 Å². The van der Waals surface area contributed by atoms with E-state index in [4.69, 9.17) is 0 Å². The lowest BCUT2D eigenvalue weighted by Gasteiger charge is -2.30. The number of pyridine rings is 1. The fraction of sp³-hybridized carbons (Fsp3) is 0.462. The Balaban J connectivity index is 1.47. The highest BCUT2D eigenvalue weighted by molar-refractivity contribution is 6.06. The third-order valence-corrected chi connectivity index (χ3v) is 6.93. The fourth-order valence-corrected chi connectivity index (χ4v) is 5.31. The highest BCUT2D eigenvalue weighted by Crippen LogP contribution is 2.39. The number of hydrogen-bond donors (Lipinski definition) is 2. The molecule has 2 aliphatic rings. The van der Waals surface area contributed by atoms with Gasteiger partial charge in [0.2, 0.25) is 5.91 Å². The van der Waals surface area contributed by atoms with Gasteiger partial charge in [0.05, 0.1) is 12.3 Å². The molecule has 0 atom stereocenters. The Kier molecular flexibility index (Phi) is 5.75. The van der Waals surface area contributed by atoms with Crippen LogP contribution in [0.15, 0.2) is 24.5 Å². The lowest BCUT2D eigenvalue weighted by atomic mass is 9.90. The Hall–Kier alpha value is -3.46. The number of fused-ring (bicyclic) bond motifs is 3. The van der Waals surface area contributed by atoms with E-state index in [1.807, 2.05) is 19.9 Å². The summed E-state index contributed by atoms with van der Waals surface area (Å²) in [6, 6.07) is 3.79. The van der Waals surface area contributed by atoms with Crippen LogP contribution in [0.25, 0.3) is 5.69 Å². The van der Waals surface area contributed by atoms with E-state index in [2.05, 4.69) is 33.8 Å². The molecule has 9 heteroatoms. The third-order valence-electron chi connectivity index (χ3n) is 6.93. The highest BCUT2D eigenvalue weighted by Gasteiger charge is 2.37. The topological polar surface area (TPSA) is 105 Å². The number of amides is 2. The molecule has 0 fully saturated rings. The summed E-state index contributed by atoms with van der Waals surface area (Å²) in [5.74, 6) is 0.727. The van der Waals surface area contributed by atoms with Gasteiger partial charge in [-0.05, 0) is 49.3 Å². The Bertz CT molecular complexity index is 1320. The standard InChI is InChI=1S/C26H32N6O3/c1-5-6-22(34)28-23-16(2)14-32(29-23)19-7-8-27-24(18(19)15-33)31-10-9-30-20(25(31)35)11-17-12-26(3,4)13-21(17)30/h7-8,11,14,33H,5-6,9-10,12-13,15H2,1-4H3,(H,28,29,34).